The standard InChI is InChI=1S/C20H22N2O3/c1-24-15-7-5-14-6-8-17(18(14)12-15)20(23)22-11-9-16(13-22)25-19-4-2-3-10-21-19/h2-5,7,10,12,16-17H,6,8-9,11,13H2,1H3. The molecule has 1 aromatic carbocycles. The van der Waals surface area contributed by atoms with Crippen molar-refractivity contribution in [2.75, 3.05) is 20.2 Å². The molecule has 0 spiro atoms. The summed E-state index contributed by atoms with van der Waals surface area (Å²) in [7, 11) is 1.66. The number of benzene rings is 1. The molecule has 2 atom stereocenters. The van der Waals surface area contributed by atoms with Crippen molar-refractivity contribution in [2.45, 2.75) is 31.3 Å². The van der Waals surface area contributed by atoms with E-state index in [1.165, 1.54) is 5.56 Å². The Morgan fingerprint density at radius 3 is 2.96 bits per heavy atom. The molecule has 25 heavy (non-hydrogen) atoms. The fourth-order valence-electron chi connectivity index (χ4n) is 3.80. The van der Waals surface area contributed by atoms with Gasteiger partial charge in [0.2, 0.25) is 11.8 Å². The molecule has 1 amide bonds. The van der Waals surface area contributed by atoms with Gasteiger partial charge < -0.3 is 14.4 Å². The average Bonchev–Trinajstić information content (AvgIpc) is 3.28. The van der Waals surface area contributed by atoms with E-state index in [2.05, 4.69) is 11.1 Å². The molecule has 2 heterocycles. The molecule has 5 heteroatoms. The largest absolute Gasteiger partial charge is 0.497 e. The molecule has 2 unspecified atom stereocenters. The Bertz CT molecular complexity index is 763. The van der Waals surface area contributed by atoms with Crippen LogP contribution in [-0.4, -0.2) is 42.1 Å². The van der Waals surface area contributed by atoms with E-state index >= 15 is 0 Å². The fourth-order valence-corrected chi connectivity index (χ4v) is 3.80. The van der Waals surface area contributed by atoms with E-state index in [0.717, 1.165) is 37.1 Å². The van der Waals surface area contributed by atoms with E-state index in [0.29, 0.717) is 12.4 Å². The molecule has 1 fully saturated rings. The van der Waals surface area contributed by atoms with Crippen LogP contribution in [0.1, 0.15) is 29.9 Å². The van der Waals surface area contributed by atoms with Gasteiger partial charge in [0.25, 0.3) is 0 Å². The molecule has 5 nitrogen and oxygen atoms in total. The van der Waals surface area contributed by atoms with Gasteiger partial charge in [-0.2, -0.15) is 0 Å². The summed E-state index contributed by atoms with van der Waals surface area (Å²) in [5.41, 5.74) is 2.39. The molecule has 1 aliphatic carbocycles. The molecular formula is C20H22N2O3. The highest BCUT2D eigenvalue weighted by Crippen LogP contribution is 2.37. The van der Waals surface area contributed by atoms with E-state index < -0.39 is 0 Å². The van der Waals surface area contributed by atoms with Crippen molar-refractivity contribution in [3.05, 3.63) is 53.7 Å². The van der Waals surface area contributed by atoms with Gasteiger partial charge in [0.1, 0.15) is 11.9 Å². The number of carbonyl (C=O) groups excluding carboxylic acids is 1. The zero-order valence-corrected chi connectivity index (χ0v) is 14.4. The maximum Gasteiger partial charge on any atom is 0.230 e. The summed E-state index contributed by atoms with van der Waals surface area (Å²) in [6, 6.07) is 11.7. The summed E-state index contributed by atoms with van der Waals surface area (Å²) in [6.45, 7) is 1.37. The van der Waals surface area contributed by atoms with Crippen LogP contribution in [0.3, 0.4) is 0 Å². The molecule has 4 rings (SSSR count). The van der Waals surface area contributed by atoms with Crippen LogP contribution in [0.25, 0.3) is 0 Å². The molecule has 130 valence electrons. The number of likely N-dealkylation sites (tertiary alicyclic amines) is 1. The van der Waals surface area contributed by atoms with Crippen molar-refractivity contribution in [3.63, 3.8) is 0 Å². The van der Waals surface area contributed by atoms with Gasteiger partial charge in [0.05, 0.1) is 19.6 Å². The summed E-state index contributed by atoms with van der Waals surface area (Å²) >= 11 is 0. The molecule has 2 aliphatic rings. The van der Waals surface area contributed by atoms with E-state index in [1.807, 2.05) is 35.2 Å². The SMILES string of the molecule is COc1ccc2c(c1)C(C(=O)N1CCC(Oc3ccccn3)C1)CC2. The molecule has 0 N–H and O–H groups in total. The summed E-state index contributed by atoms with van der Waals surface area (Å²) in [5, 5.41) is 0. The number of methoxy groups -OCH3 is 1. The highest BCUT2D eigenvalue weighted by molar-refractivity contribution is 5.85. The maximum atomic E-state index is 13.0. The Morgan fingerprint density at radius 1 is 1.24 bits per heavy atom. The zero-order valence-electron chi connectivity index (χ0n) is 14.4. The first-order chi connectivity index (χ1) is 12.2. The molecule has 1 aromatic heterocycles. The highest BCUT2D eigenvalue weighted by atomic mass is 16.5. The number of carbonyl (C=O) groups is 1. The minimum Gasteiger partial charge on any atom is -0.497 e. The smallest absolute Gasteiger partial charge is 0.230 e. The summed E-state index contributed by atoms with van der Waals surface area (Å²) in [6.07, 6.45) is 4.42. The molecular weight excluding hydrogens is 316 g/mol. The number of ether oxygens (including phenoxy) is 2. The quantitative estimate of drug-likeness (QED) is 0.860. The van der Waals surface area contributed by atoms with Gasteiger partial charge in [-0.15, -0.1) is 0 Å². The second-order valence-electron chi connectivity index (χ2n) is 6.64. The van der Waals surface area contributed by atoms with Crippen LogP contribution < -0.4 is 9.47 Å². The van der Waals surface area contributed by atoms with Gasteiger partial charge >= 0.3 is 0 Å². The van der Waals surface area contributed by atoms with Crippen molar-refractivity contribution in [2.24, 2.45) is 0 Å². The lowest BCUT2D eigenvalue weighted by Crippen LogP contribution is -2.34. The number of aryl methyl sites for hydroxylation is 1. The molecule has 1 aliphatic heterocycles. The van der Waals surface area contributed by atoms with E-state index in [-0.39, 0.29) is 17.9 Å². The minimum absolute atomic E-state index is 0.0185. The Labute approximate surface area is 147 Å². The number of fused-ring (bicyclic) bond motifs is 1. The van der Waals surface area contributed by atoms with Crippen LogP contribution in [0.2, 0.25) is 0 Å². The number of pyridine rings is 1. The number of aromatic nitrogens is 1. The average molecular weight is 338 g/mol. The number of hydrogen-bond donors (Lipinski definition) is 0. The van der Waals surface area contributed by atoms with E-state index in [1.54, 1.807) is 13.3 Å². The van der Waals surface area contributed by atoms with Crippen molar-refractivity contribution < 1.29 is 14.3 Å². The molecule has 1 saturated heterocycles. The first kappa shape index (κ1) is 15.9. The van der Waals surface area contributed by atoms with Gasteiger partial charge in [0, 0.05) is 25.2 Å². The van der Waals surface area contributed by atoms with Crippen LogP contribution in [0.5, 0.6) is 11.6 Å². The highest BCUT2D eigenvalue weighted by Gasteiger charge is 2.36. The normalized spacial score (nSPS) is 21.9. The lowest BCUT2D eigenvalue weighted by molar-refractivity contribution is -0.132. The predicted octanol–water partition coefficient (Wildman–Crippen LogP) is 2.80. The summed E-state index contributed by atoms with van der Waals surface area (Å²) in [5.74, 6) is 1.59. The Hall–Kier alpha value is -2.56. The Balaban J connectivity index is 1.43. The third-order valence-corrected chi connectivity index (χ3v) is 5.11. The number of rotatable bonds is 4. The van der Waals surface area contributed by atoms with Gasteiger partial charge in [-0.25, -0.2) is 4.98 Å². The zero-order chi connectivity index (χ0) is 17.2. The third-order valence-electron chi connectivity index (χ3n) is 5.11. The molecule has 0 saturated carbocycles. The van der Waals surface area contributed by atoms with Gasteiger partial charge in [-0.3, -0.25) is 4.79 Å². The number of nitrogens with zero attached hydrogens (tertiary/aromatic N) is 2. The topological polar surface area (TPSA) is 51.7 Å². The number of hydrogen-bond acceptors (Lipinski definition) is 4. The van der Waals surface area contributed by atoms with Crippen LogP contribution in [0.4, 0.5) is 0 Å². The monoisotopic (exact) mass is 338 g/mol. The van der Waals surface area contributed by atoms with E-state index in [4.69, 9.17) is 9.47 Å². The van der Waals surface area contributed by atoms with Gasteiger partial charge in [0.15, 0.2) is 0 Å². The second kappa shape index (κ2) is 6.75. The fraction of sp³-hybridized carbons (Fsp3) is 0.400. The van der Waals surface area contributed by atoms with Crippen molar-refractivity contribution in [3.8, 4) is 11.6 Å². The molecule has 0 bridgehead atoms. The first-order valence-corrected chi connectivity index (χ1v) is 8.78. The first-order valence-electron chi connectivity index (χ1n) is 8.78. The minimum atomic E-state index is -0.0568. The maximum absolute atomic E-state index is 13.0. The lowest BCUT2D eigenvalue weighted by Gasteiger charge is -2.21. The lowest BCUT2D eigenvalue weighted by atomic mass is 9.99. The van der Waals surface area contributed by atoms with Crippen LogP contribution in [-0.2, 0) is 11.2 Å². The predicted molar refractivity (Wildman–Crippen MR) is 93.9 cm³/mol. The third kappa shape index (κ3) is 3.18. The molecule has 2 aromatic rings. The van der Waals surface area contributed by atoms with Crippen LogP contribution in [0, 0.1) is 0 Å². The van der Waals surface area contributed by atoms with Crippen LogP contribution >= 0.6 is 0 Å². The summed E-state index contributed by atoms with van der Waals surface area (Å²) in [4.78, 5) is 19.2. The number of amides is 1. The second-order valence-corrected chi connectivity index (χ2v) is 6.64. The summed E-state index contributed by atoms with van der Waals surface area (Å²) < 4.78 is 11.2. The molecule has 0 radical (unpaired) electrons. The Morgan fingerprint density at radius 2 is 2.16 bits per heavy atom. The Kier molecular flexibility index (Phi) is 4.30. The van der Waals surface area contributed by atoms with E-state index in [9.17, 15) is 4.79 Å². The van der Waals surface area contributed by atoms with Gasteiger partial charge in [-0.1, -0.05) is 12.1 Å². The van der Waals surface area contributed by atoms with Crippen molar-refractivity contribution >= 4 is 5.91 Å². The van der Waals surface area contributed by atoms with Crippen LogP contribution in [0.15, 0.2) is 42.6 Å². The van der Waals surface area contributed by atoms with Crippen molar-refractivity contribution in [1.29, 1.82) is 0 Å². The van der Waals surface area contributed by atoms with Crippen molar-refractivity contribution in [1.82, 2.24) is 9.88 Å². The van der Waals surface area contributed by atoms with Gasteiger partial charge in [-0.05, 0) is 42.2 Å².